The fraction of sp³-hybridized carbons (Fsp3) is 0.0870. The van der Waals surface area contributed by atoms with Crippen LogP contribution in [0.3, 0.4) is 0 Å². The first-order chi connectivity index (χ1) is 14.8. The van der Waals surface area contributed by atoms with E-state index in [1.165, 1.54) is 12.1 Å². The van der Waals surface area contributed by atoms with Gasteiger partial charge in [-0.2, -0.15) is 4.73 Å². The molecule has 4 rings (SSSR count). The molecular weight excluding hydrogens is 396 g/mol. The molecule has 0 saturated heterocycles. The van der Waals surface area contributed by atoms with Gasteiger partial charge in [0, 0.05) is 36.6 Å². The zero-order valence-electron chi connectivity index (χ0n) is 16.9. The Bertz CT molecular complexity index is 1280. The standard InChI is InChI=1S/C23H20N4O4/c1-26(2)18-10-5-15(6-11-18)22(28)24-17-8-3-14(4-9-17)21-25-19-12-7-16(23(29)30)13-20(19)27(21)31/h3-13,31H,1-2H3,(H,24,28)(H,29,30). The van der Waals surface area contributed by atoms with Crippen molar-refractivity contribution < 1.29 is 19.9 Å². The van der Waals surface area contributed by atoms with E-state index in [4.69, 9.17) is 5.11 Å². The second-order valence-electron chi connectivity index (χ2n) is 7.23. The number of rotatable bonds is 5. The van der Waals surface area contributed by atoms with Crippen LogP contribution in [0.5, 0.6) is 0 Å². The van der Waals surface area contributed by atoms with Gasteiger partial charge >= 0.3 is 5.97 Å². The van der Waals surface area contributed by atoms with Gasteiger partial charge in [-0.1, -0.05) is 0 Å². The molecule has 4 aromatic rings. The minimum absolute atomic E-state index is 0.0610. The number of benzene rings is 3. The van der Waals surface area contributed by atoms with Crippen LogP contribution in [-0.2, 0) is 0 Å². The number of nitrogens with one attached hydrogen (secondary N) is 1. The van der Waals surface area contributed by atoms with Crippen molar-refractivity contribution in [3.05, 3.63) is 77.9 Å². The van der Waals surface area contributed by atoms with Crippen LogP contribution >= 0.6 is 0 Å². The van der Waals surface area contributed by atoms with E-state index in [-0.39, 0.29) is 17.3 Å². The Morgan fingerprint density at radius 1 is 0.935 bits per heavy atom. The minimum Gasteiger partial charge on any atom is -0.478 e. The van der Waals surface area contributed by atoms with Crippen LogP contribution in [0.25, 0.3) is 22.4 Å². The predicted molar refractivity (Wildman–Crippen MR) is 118 cm³/mol. The van der Waals surface area contributed by atoms with E-state index in [0.717, 1.165) is 10.4 Å². The maximum Gasteiger partial charge on any atom is 0.335 e. The van der Waals surface area contributed by atoms with E-state index in [1.54, 1.807) is 42.5 Å². The van der Waals surface area contributed by atoms with Gasteiger partial charge in [-0.05, 0) is 66.7 Å². The van der Waals surface area contributed by atoms with E-state index in [2.05, 4.69) is 10.3 Å². The molecule has 0 spiro atoms. The fourth-order valence-electron chi connectivity index (χ4n) is 3.20. The fourth-order valence-corrected chi connectivity index (χ4v) is 3.20. The molecule has 156 valence electrons. The van der Waals surface area contributed by atoms with Crippen molar-refractivity contribution in [2.45, 2.75) is 0 Å². The van der Waals surface area contributed by atoms with Gasteiger partial charge in [-0.25, -0.2) is 9.78 Å². The lowest BCUT2D eigenvalue weighted by molar-refractivity contribution is 0.0696. The second-order valence-corrected chi connectivity index (χ2v) is 7.23. The lowest BCUT2D eigenvalue weighted by Gasteiger charge is -2.12. The van der Waals surface area contributed by atoms with Crippen molar-refractivity contribution in [2.24, 2.45) is 0 Å². The molecule has 0 unspecified atom stereocenters. The van der Waals surface area contributed by atoms with Gasteiger partial charge < -0.3 is 20.5 Å². The Balaban J connectivity index is 1.55. The summed E-state index contributed by atoms with van der Waals surface area (Å²) in [4.78, 5) is 30.0. The number of hydrogen-bond acceptors (Lipinski definition) is 5. The summed E-state index contributed by atoms with van der Waals surface area (Å²) in [6.45, 7) is 0. The number of aromatic nitrogens is 2. The van der Waals surface area contributed by atoms with E-state index in [1.807, 2.05) is 31.1 Å². The Labute approximate surface area is 178 Å². The van der Waals surface area contributed by atoms with Gasteiger partial charge in [0.2, 0.25) is 0 Å². The molecule has 0 fully saturated rings. The molecule has 0 bridgehead atoms. The summed E-state index contributed by atoms with van der Waals surface area (Å²) in [5.74, 6) is -1.04. The maximum absolute atomic E-state index is 12.5. The molecule has 31 heavy (non-hydrogen) atoms. The van der Waals surface area contributed by atoms with Crippen molar-refractivity contribution in [1.82, 2.24) is 9.71 Å². The first kappa shape index (κ1) is 20.0. The molecule has 0 aliphatic carbocycles. The minimum atomic E-state index is -1.08. The van der Waals surface area contributed by atoms with Gasteiger partial charge in [0.25, 0.3) is 5.91 Å². The quantitative estimate of drug-likeness (QED) is 0.425. The number of carboxylic acid groups (broad SMARTS) is 1. The average molecular weight is 416 g/mol. The number of fused-ring (bicyclic) bond motifs is 1. The highest BCUT2D eigenvalue weighted by Crippen LogP contribution is 2.26. The summed E-state index contributed by atoms with van der Waals surface area (Å²) in [5.41, 5.74) is 3.59. The molecule has 8 nitrogen and oxygen atoms in total. The lowest BCUT2D eigenvalue weighted by atomic mass is 10.1. The molecule has 8 heteroatoms. The number of carboxylic acids is 1. The summed E-state index contributed by atoms with van der Waals surface area (Å²) >= 11 is 0. The molecule has 3 N–H and O–H groups in total. The van der Waals surface area contributed by atoms with Gasteiger partial charge in [0.15, 0.2) is 5.82 Å². The van der Waals surface area contributed by atoms with Crippen molar-refractivity contribution in [3.8, 4) is 11.4 Å². The van der Waals surface area contributed by atoms with Crippen LogP contribution in [0.15, 0.2) is 66.7 Å². The number of carbonyl (C=O) groups excluding carboxylic acids is 1. The highest BCUT2D eigenvalue weighted by atomic mass is 16.5. The molecule has 1 heterocycles. The van der Waals surface area contributed by atoms with Gasteiger partial charge in [-0.3, -0.25) is 4.79 Å². The maximum atomic E-state index is 12.5. The third kappa shape index (κ3) is 3.91. The SMILES string of the molecule is CN(C)c1ccc(C(=O)Nc2ccc(-c3nc4ccc(C(=O)O)cc4n3O)cc2)cc1. The van der Waals surface area contributed by atoms with E-state index in [0.29, 0.717) is 27.8 Å². The molecule has 0 aliphatic rings. The first-order valence-electron chi connectivity index (χ1n) is 9.48. The van der Waals surface area contributed by atoms with Gasteiger partial charge in [0.1, 0.15) is 5.52 Å². The number of nitrogens with zero attached hydrogens (tertiary/aromatic N) is 3. The summed E-state index contributed by atoms with van der Waals surface area (Å²) in [7, 11) is 3.87. The Morgan fingerprint density at radius 2 is 1.58 bits per heavy atom. The molecule has 0 aliphatic heterocycles. The number of carbonyl (C=O) groups is 2. The molecule has 0 atom stereocenters. The topological polar surface area (TPSA) is 108 Å². The smallest absolute Gasteiger partial charge is 0.335 e. The summed E-state index contributed by atoms with van der Waals surface area (Å²) in [5, 5.41) is 22.4. The summed E-state index contributed by atoms with van der Waals surface area (Å²) < 4.78 is 0.863. The highest BCUT2D eigenvalue weighted by Gasteiger charge is 2.15. The van der Waals surface area contributed by atoms with Crippen LogP contribution < -0.4 is 10.2 Å². The second kappa shape index (κ2) is 7.83. The predicted octanol–water partition coefficient (Wildman–Crippen LogP) is 3.96. The van der Waals surface area contributed by atoms with E-state index >= 15 is 0 Å². The normalized spacial score (nSPS) is 10.8. The van der Waals surface area contributed by atoms with Crippen molar-refractivity contribution in [3.63, 3.8) is 0 Å². The van der Waals surface area contributed by atoms with E-state index in [9.17, 15) is 14.8 Å². The zero-order chi connectivity index (χ0) is 22.1. The van der Waals surface area contributed by atoms with Gasteiger partial charge in [-0.15, -0.1) is 0 Å². The van der Waals surface area contributed by atoms with Crippen LogP contribution in [0.1, 0.15) is 20.7 Å². The molecule has 0 saturated carbocycles. The lowest BCUT2D eigenvalue weighted by Crippen LogP contribution is -2.13. The molecule has 1 amide bonds. The number of amides is 1. The van der Waals surface area contributed by atoms with Crippen LogP contribution in [0.2, 0.25) is 0 Å². The number of anilines is 2. The third-order valence-corrected chi connectivity index (χ3v) is 4.92. The number of imidazole rings is 1. The monoisotopic (exact) mass is 416 g/mol. The van der Waals surface area contributed by atoms with Crippen molar-refractivity contribution in [2.75, 3.05) is 24.3 Å². The van der Waals surface area contributed by atoms with Crippen molar-refractivity contribution in [1.29, 1.82) is 0 Å². The largest absolute Gasteiger partial charge is 0.478 e. The highest BCUT2D eigenvalue weighted by molar-refractivity contribution is 6.04. The number of hydrogen-bond donors (Lipinski definition) is 3. The summed E-state index contributed by atoms with van der Waals surface area (Å²) in [6, 6.07) is 18.5. The Hall–Kier alpha value is -4.33. The van der Waals surface area contributed by atoms with Gasteiger partial charge in [0.05, 0.1) is 11.1 Å². The third-order valence-electron chi connectivity index (χ3n) is 4.92. The average Bonchev–Trinajstić information content (AvgIpc) is 3.10. The Morgan fingerprint density at radius 3 is 2.19 bits per heavy atom. The molecule has 3 aromatic carbocycles. The van der Waals surface area contributed by atoms with E-state index < -0.39 is 5.97 Å². The van der Waals surface area contributed by atoms with Crippen LogP contribution in [-0.4, -0.2) is 46.0 Å². The van der Waals surface area contributed by atoms with Crippen LogP contribution in [0, 0.1) is 0 Å². The van der Waals surface area contributed by atoms with Crippen LogP contribution in [0.4, 0.5) is 11.4 Å². The molecular formula is C23H20N4O4. The Kier molecular flexibility index (Phi) is 5.04. The first-order valence-corrected chi connectivity index (χ1v) is 9.48. The molecule has 1 aromatic heterocycles. The van der Waals surface area contributed by atoms with Crippen molar-refractivity contribution >= 4 is 34.3 Å². The zero-order valence-corrected chi connectivity index (χ0v) is 16.9. The number of aromatic carboxylic acids is 1. The summed E-state index contributed by atoms with van der Waals surface area (Å²) in [6.07, 6.45) is 0. The molecule has 0 radical (unpaired) electrons.